The standard InChI is InChI=1S/C22H25N7OS/c1-2-16-14-17-21(23-15-24-22(17)31-16)28-12-10-27(11-13-28)20(30)8-5-9-29-25-18-6-3-4-7-19(18)26-29/h3-4,6-7,14-15H,2,5,8-13H2,1H3. The molecule has 1 fully saturated rings. The van der Waals surface area contributed by atoms with Crippen molar-refractivity contribution in [2.24, 2.45) is 0 Å². The average molecular weight is 436 g/mol. The highest BCUT2D eigenvalue weighted by atomic mass is 32.1. The van der Waals surface area contributed by atoms with Gasteiger partial charge < -0.3 is 9.80 Å². The monoisotopic (exact) mass is 435 g/mol. The van der Waals surface area contributed by atoms with Gasteiger partial charge in [-0.3, -0.25) is 4.79 Å². The fraction of sp³-hybridized carbons (Fsp3) is 0.409. The summed E-state index contributed by atoms with van der Waals surface area (Å²) in [6.07, 6.45) is 3.91. The number of aromatic nitrogens is 5. The molecule has 4 aromatic rings. The molecule has 160 valence electrons. The predicted octanol–water partition coefficient (Wildman–Crippen LogP) is 3.13. The number of anilines is 1. The molecule has 5 rings (SSSR count). The lowest BCUT2D eigenvalue weighted by atomic mass is 10.2. The van der Waals surface area contributed by atoms with E-state index in [1.54, 1.807) is 22.5 Å². The molecule has 9 heteroatoms. The fourth-order valence-electron chi connectivity index (χ4n) is 4.02. The average Bonchev–Trinajstić information content (AvgIpc) is 3.42. The number of aryl methyl sites for hydroxylation is 2. The number of nitrogens with zero attached hydrogens (tertiary/aromatic N) is 7. The van der Waals surface area contributed by atoms with Crippen molar-refractivity contribution >= 4 is 44.3 Å². The van der Waals surface area contributed by atoms with Gasteiger partial charge in [0.1, 0.15) is 28.0 Å². The summed E-state index contributed by atoms with van der Waals surface area (Å²) in [4.78, 5) is 30.0. The number of thiophene rings is 1. The molecule has 0 aliphatic carbocycles. The molecule has 3 aromatic heterocycles. The van der Waals surface area contributed by atoms with E-state index in [-0.39, 0.29) is 5.91 Å². The second-order valence-electron chi connectivity index (χ2n) is 7.74. The quantitative estimate of drug-likeness (QED) is 0.463. The fourth-order valence-corrected chi connectivity index (χ4v) is 4.95. The number of hydrogen-bond donors (Lipinski definition) is 0. The number of hydrogen-bond acceptors (Lipinski definition) is 7. The molecule has 0 radical (unpaired) electrons. The first kappa shape index (κ1) is 19.9. The smallest absolute Gasteiger partial charge is 0.222 e. The van der Waals surface area contributed by atoms with Crippen molar-refractivity contribution in [3.05, 3.63) is 41.5 Å². The van der Waals surface area contributed by atoms with E-state index >= 15 is 0 Å². The molecule has 0 N–H and O–H groups in total. The minimum atomic E-state index is 0.202. The Labute approximate surface area is 184 Å². The van der Waals surface area contributed by atoms with Gasteiger partial charge in [-0.05, 0) is 31.0 Å². The Hall–Kier alpha value is -3.07. The van der Waals surface area contributed by atoms with Crippen LogP contribution < -0.4 is 4.90 Å². The van der Waals surface area contributed by atoms with Gasteiger partial charge >= 0.3 is 0 Å². The summed E-state index contributed by atoms with van der Waals surface area (Å²) in [6.45, 7) is 5.84. The third kappa shape index (κ3) is 4.10. The first-order valence-corrected chi connectivity index (χ1v) is 11.6. The number of carbonyl (C=O) groups excluding carboxylic acids is 1. The van der Waals surface area contributed by atoms with Gasteiger partial charge in [0.15, 0.2) is 0 Å². The molecular formula is C22H25N7OS. The Morgan fingerprint density at radius 2 is 1.81 bits per heavy atom. The zero-order valence-electron chi connectivity index (χ0n) is 17.6. The number of benzene rings is 1. The van der Waals surface area contributed by atoms with Crippen LogP contribution in [0, 0.1) is 0 Å². The Kier molecular flexibility index (Phi) is 5.50. The first-order chi connectivity index (χ1) is 15.2. The molecule has 0 atom stereocenters. The third-order valence-corrected chi connectivity index (χ3v) is 6.90. The van der Waals surface area contributed by atoms with E-state index in [9.17, 15) is 4.79 Å². The van der Waals surface area contributed by atoms with E-state index in [0.717, 1.165) is 66.1 Å². The normalized spacial score (nSPS) is 14.6. The Balaban J connectivity index is 1.15. The highest BCUT2D eigenvalue weighted by Crippen LogP contribution is 2.31. The molecule has 31 heavy (non-hydrogen) atoms. The van der Waals surface area contributed by atoms with Crippen LogP contribution in [-0.4, -0.2) is 61.9 Å². The predicted molar refractivity (Wildman–Crippen MR) is 122 cm³/mol. The van der Waals surface area contributed by atoms with Crippen LogP contribution in [0.1, 0.15) is 24.6 Å². The molecule has 0 saturated carbocycles. The number of fused-ring (bicyclic) bond motifs is 2. The summed E-state index contributed by atoms with van der Waals surface area (Å²) >= 11 is 1.73. The van der Waals surface area contributed by atoms with Gasteiger partial charge in [0, 0.05) is 37.5 Å². The molecule has 0 unspecified atom stereocenters. The van der Waals surface area contributed by atoms with Gasteiger partial charge in [-0.25, -0.2) is 9.97 Å². The highest BCUT2D eigenvalue weighted by Gasteiger charge is 2.23. The number of rotatable bonds is 6. The number of carbonyl (C=O) groups is 1. The van der Waals surface area contributed by atoms with Gasteiger partial charge in [-0.1, -0.05) is 19.1 Å². The van der Waals surface area contributed by atoms with Crippen LogP contribution in [0.15, 0.2) is 36.7 Å². The lowest BCUT2D eigenvalue weighted by Gasteiger charge is -2.35. The second kappa shape index (κ2) is 8.58. The summed E-state index contributed by atoms with van der Waals surface area (Å²) in [7, 11) is 0. The van der Waals surface area contributed by atoms with Crippen LogP contribution in [-0.2, 0) is 17.8 Å². The minimum Gasteiger partial charge on any atom is -0.352 e. The van der Waals surface area contributed by atoms with Crippen LogP contribution in [0.25, 0.3) is 21.3 Å². The van der Waals surface area contributed by atoms with Crippen LogP contribution in [0.5, 0.6) is 0 Å². The number of amides is 1. The topological polar surface area (TPSA) is 80.0 Å². The van der Waals surface area contributed by atoms with Gasteiger partial charge in [0.2, 0.25) is 5.91 Å². The molecule has 4 heterocycles. The molecule has 1 amide bonds. The van der Waals surface area contributed by atoms with E-state index in [2.05, 4.69) is 38.1 Å². The van der Waals surface area contributed by atoms with E-state index in [1.807, 2.05) is 29.2 Å². The minimum absolute atomic E-state index is 0.202. The van der Waals surface area contributed by atoms with Crippen LogP contribution >= 0.6 is 11.3 Å². The maximum absolute atomic E-state index is 12.7. The maximum Gasteiger partial charge on any atom is 0.222 e. The summed E-state index contributed by atoms with van der Waals surface area (Å²) in [6, 6.07) is 10.0. The maximum atomic E-state index is 12.7. The first-order valence-electron chi connectivity index (χ1n) is 10.8. The molecule has 1 aliphatic rings. The lowest BCUT2D eigenvalue weighted by Crippen LogP contribution is -2.49. The van der Waals surface area contributed by atoms with E-state index in [4.69, 9.17) is 0 Å². The molecule has 0 spiro atoms. The van der Waals surface area contributed by atoms with E-state index in [1.165, 1.54) is 4.88 Å². The van der Waals surface area contributed by atoms with Crippen molar-refractivity contribution in [3.63, 3.8) is 0 Å². The van der Waals surface area contributed by atoms with Crippen molar-refractivity contribution in [1.82, 2.24) is 29.9 Å². The zero-order chi connectivity index (χ0) is 21.2. The largest absolute Gasteiger partial charge is 0.352 e. The summed E-state index contributed by atoms with van der Waals surface area (Å²) < 4.78 is 0. The van der Waals surface area contributed by atoms with E-state index in [0.29, 0.717) is 13.0 Å². The Morgan fingerprint density at radius 1 is 1.06 bits per heavy atom. The molecule has 0 bridgehead atoms. The van der Waals surface area contributed by atoms with Gasteiger partial charge in [0.25, 0.3) is 0 Å². The SMILES string of the molecule is CCc1cc2c(N3CCN(C(=O)CCCn4nc5ccccc5n4)CC3)ncnc2s1. The van der Waals surface area contributed by atoms with Crippen LogP contribution in [0.3, 0.4) is 0 Å². The second-order valence-corrected chi connectivity index (χ2v) is 8.85. The van der Waals surface area contributed by atoms with Gasteiger partial charge in [-0.2, -0.15) is 15.0 Å². The van der Waals surface area contributed by atoms with Crippen molar-refractivity contribution in [2.45, 2.75) is 32.7 Å². The lowest BCUT2D eigenvalue weighted by molar-refractivity contribution is -0.131. The third-order valence-electron chi connectivity index (χ3n) is 5.72. The van der Waals surface area contributed by atoms with Crippen molar-refractivity contribution < 1.29 is 4.79 Å². The van der Waals surface area contributed by atoms with Gasteiger partial charge in [-0.15, -0.1) is 11.3 Å². The molecule has 1 saturated heterocycles. The zero-order valence-corrected chi connectivity index (χ0v) is 18.4. The summed E-state index contributed by atoms with van der Waals surface area (Å²) in [5.41, 5.74) is 1.78. The Bertz CT molecular complexity index is 1180. The molecule has 1 aromatic carbocycles. The molecular weight excluding hydrogens is 410 g/mol. The summed E-state index contributed by atoms with van der Waals surface area (Å²) in [5.74, 6) is 1.19. The molecule has 1 aliphatic heterocycles. The molecule has 8 nitrogen and oxygen atoms in total. The van der Waals surface area contributed by atoms with Crippen molar-refractivity contribution in [3.8, 4) is 0 Å². The Morgan fingerprint density at radius 3 is 2.52 bits per heavy atom. The van der Waals surface area contributed by atoms with E-state index < -0.39 is 0 Å². The highest BCUT2D eigenvalue weighted by molar-refractivity contribution is 7.18. The van der Waals surface area contributed by atoms with Crippen LogP contribution in [0.4, 0.5) is 5.82 Å². The van der Waals surface area contributed by atoms with Crippen molar-refractivity contribution in [2.75, 3.05) is 31.1 Å². The van der Waals surface area contributed by atoms with Gasteiger partial charge in [0.05, 0.1) is 11.9 Å². The summed E-state index contributed by atoms with van der Waals surface area (Å²) in [5, 5.41) is 10.1. The van der Waals surface area contributed by atoms with Crippen molar-refractivity contribution in [1.29, 1.82) is 0 Å². The number of piperazine rings is 1. The van der Waals surface area contributed by atoms with Crippen LogP contribution in [0.2, 0.25) is 0 Å².